The molecular formula is C19H24NO2+. The predicted molar refractivity (Wildman–Crippen MR) is 87.6 cm³/mol. The van der Waals surface area contributed by atoms with Crippen LogP contribution < -0.4 is 9.64 Å². The summed E-state index contributed by atoms with van der Waals surface area (Å²) in [6, 6.07) is 18.9. The predicted octanol–water partition coefficient (Wildman–Crippen LogP) is 1.57. The largest absolute Gasteiger partial charge is 0.487 e. The van der Waals surface area contributed by atoms with Crippen molar-refractivity contribution >= 4 is 0 Å². The molecular weight excluding hydrogens is 274 g/mol. The number of ether oxygens (including phenoxy) is 2. The molecule has 1 fully saturated rings. The first-order chi connectivity index (χ1) is 10.9. The van der Waals surface area contributed by atoms with Gasteiger partial charge in [0.05, 0.1) is 13.2 Å². The van der Waals surface area contributed by atoms with Crippen molar-refractivity contribution < 1.29 is 14.4 Å². The van der Waals surface area contributed by atoms with E-state index in [1.54, 1.807) is 4.90 Å². The second-order valence-corrected chi connectivity index (χ2v) is 5.73. The maximum absolute atomic E-state index is 6.05. The minimum absolute atomic E-state index is 0.765. The van der Waals surface area contributed by atoms with Crippen molar-refractivity contribution in [3.05, 3.63) is 65.7 Å². The first-order valence-corrected chi connectivity index (χ1v) is 8.08. The van der Waals surface area contributed by atoms with Gasteiger partial charge in [0.25, 0.3) is 0 Å². The average Bonchev–Trinajstić information content (AvgIpc) is 2.58. The summed E-state index contributed by atoms with van der Waals surface area (Å²) in [5, 5.41) is 0. The van der Waals surface area contributed by atoms with Crippen molar-refractivity contribution in [1.29, 1.82) is 0 Å². The fourth-order valence-corrected chi connectivity index (χ4v) is 2.82. The van der Waals surface area contributed by atoms with Gasteiger partial charge in [0.15, 0.2) is 0 Å². The quantitative estimate of drug-likeness (QED) is 0.875. The zero-order chi connectivity index (χ0) is 15.0. The van der Waals surface area contributed by atoms with E-state index >= 15 is 0 Å². The van der Waals surface area contributed by atoms with E-state index in [0.29, 0.717) is 0 Å². The van der Waals surface area contributed by atoms with Crippen molar-refractivity contribution in [3.63, 3.8) is 0 Å². The second-order valence-electron chi connectivity index (χ2n) is 5.73. The van der Waals surface area contributed by atoms with Crippen molar-refractivity contribution in [3.8, 4) is 5.75 Å². The number of nitrogens with one attached hydrogen (secondary N) is 1. The van der Waals surface area contributed by atoms with Crippen LogP contribution in [-0.4, -0.2) is 39.5 Å². The number of morpholine rings is 1. The van der Waals surface area contributed by atoms with Gasteiger partial charge in [-0.05, 0) is 17.2 Å². The van der Waals surface area contributed by atoms with Gasteiger partial charge in [-0.15, -0.1) is 0 Å². The molecule has 1 heterocycles. The molecule has 0 bridgehead atoms. The zero-order valence-electron chi connectivity index (χ0n) is 13.0. The fraction of sp³-hybridized carbons (Fsp3) is 0.368. The minimum Gasteiger partial charge on any atom is -0.487 e. The number of benzene rings is 2. The number of para-hydroxylation sites is 1. The van der Waals surface area contributed by atoms with E-state index in [0.717, 1.165) is 51.6 Å². The van der Waals surface area contributed by atoms with Gasteiger partial charge in [0, 0.05) is 6.42 Å². The van der Waals surface area contributed by atoms with Crippen LogP contribution in [0.2, 0.25) is 0 Å². The zero-order valence-corrected chi connectivity index (χ0v) is 13.0. The van der Waals surface area contributed by atoms with E-state index in [4.69, 9.17) is 9.47 Å². The average molecular weight is 298 g/mol. The van der Waals surface area contributed by atoms with Crippen LogP contribution >= 0.6 is 0 Å². The van der Waals surface area contributed by atoms with Crippen molar-refractivity contribution in [2.75, 3.05) is 39.5 Å². The van der Waals surface area contributed by atoms with Crippen LogP contribution in [-0.2, 0) is 11.2 Å². The topological polar surface area (TPSA) is 22.9 Å². The first kappa shape index (κ1) is 15.1. The molecule has 0 unspecified atom stereocenters. The summed E-state index contributed by atoms with van der Waals surface area (Å²) in [6.45, 7) is 5.74. The summed E-state index contributed by atoms with van der Waals surface area (Å²) in [5.74, 6) is 1.01. The Hall–Kier alpha value is -1.84. The van der Waals surface area contributed by atoms with Crippen LogP contribution in [0.15, 0.2) is 54.6 Å². The Morgan fingerprint density at radius 1 is 0.909 bits per heavy atom. The normalized spacial score (nSPS) is 15.6. The fourth-order valence-electron chi connectivity index (χ4n) is 2.82. The van der Waals surface area contributed by atoms with Gasteiger partial charge in [-0.25, -0.2) is 0 Å². The Morgan fingerprint density at radius 2 is 1.64 bits per heavy atom. The molecule has 116 valence electrons. The van der Waals surface area contributed by atoms with E-state index < -0.39 is 0 Å². The molecule has 3 heteroatoms. The van der Waals surface area contributed by atoms with Crippen molar-refractivity contribution in [1.82, 2.24) is 0 Å². The standard InChI is InChI=1S/C19H23NO2/c1-2-6-17(7-3-1)16-18-8-4-5-9-19(18)22-15-12-20-10-13-21-14-11-20/h1-9H,10-16H2/p+1. The molecule has 0 spiro atoms. The van der Waals surface area contributed by atoms with Crippen LogP contribution in [0.1, 0.15) is 11.1 Å². The number of rotatable bonds is 6. The highest BCUT2D eigenvalue weighted by Crippen LogP contribution is 2.21. The van der Waals surface area contributed by atoms with E-state index in [9.17, 15) is 0 Å². The third-order valence-electron chi connectivity index (χ3n) is 4.12. The molecule has 0 radical (unpaired) electrons. The molecule has 3 rings (SSSR count). The van der Waals surface area contributed by atoms with Gasteiger partial charge in [0.2, 0.25) is 0 Å². The van der Waals surface area contributed by atoms with Crippen LogP contribution in [0.25, 0.3) is 0 Å². The third-order valence-corrected chi connectivity index (χ3v) is 4.12. The molecule has 1 N–H and O–H groups in total. The smallest absolute Gasteiger partial charge is 0.137 e. The van der Waals surface area contributed by atoms with Crippen molar-refractivity contribution in [2.24, 2.45) is 0 Å². The second kappa shape index (κ2) is 7.97. The molecule has 1 aliphatic heterocycles. The molecule has 3 nitrogen and oxygen atoms in total. The molecule has 0 aromatic heterocycles. The maximum atomic E-state index is 6.05. The van der Waals surface area contributed by atoms with Gasteiger partial charge in [-0.1, -0.05) is 48.5 Å². The van der Waals surface area contributed by atoms with E-state index in [-0.39, 0.29) is 0 Å². The number of hydrogen-bond acceptors (Lipinski definition) is 2. The summed E-state index contributed by atoms with van der Waals surface area (Å²) in [6.07, 6.45) is 0.918. The van der Waals surface area contributed by atoms with Crippen molar-refractivity contribution in [2.45, 2.75) is 6.42 Å². The summed E-state index contributed by atoms with van der Waals surface area (Å²) in [4.78, 5) is 1.58. The maximum Gasteiger partial charge on any atom is 0.137 e. The molecule has 0 saturated carbocycles. The molecule has 1 aliphatic rings. The van der Waals surface area contributed by atoms with E-state index in [1.807, 2.05) is 6.07 Å². The summed E-state index contributed by atoms with van der Waals surface area (Å²) in [7, 11) is 0. The molecule has 0 aliphatic carbocycles. The lowest BCUT2D eigenvalue weighted by Crippen LogP contribution is -3.14. The number of hydrogen-bond donors (Lipinski definition) is 1. The van der Waals surface area contributed by atoms with Crippen LogP contribution in [0.3, 0.4) is 0 Å². The van der Waals surface area contributed by atoms with Gasteiger partial charge in [0.1, 0.15) is 32.0 Å². The van der Waals surface area contributed by atoms with Crippen LogP contribution in [0.5, 0.6) is 5.75 Å². The molecule has 1 saturated heterocycles. The molecule has 2 aromatic carbocycles. The Bertz CT molecular complexity index is 565. The summed E-state index contributed by atoms with van der Waals surface area (Å²) >= 11 is 0. The molecule has 22 heavy (non-hydrogen) atoms. The third kappa shape index (κ3) is 4.33. The van der Waals surface area contributed by atoms with Gasteiger partial charge >= 0.3 is 0 Å². The molecule has 2 aromatic rings. The monoisotopic (exact) mass is 298 g/mol. The van der Waals surface area contributed by atoms with Crippen LogP contribution in [0, 0.1) is 0 Å². The lowest BCUT2D eigenvalue weighted by Gasteiger charge is -2.23. The first-order valence-electron chi connectivity index (χ1n) is 8.08. The lowest BCUT2D eigenvalue weighted by molar-refractivity contribution is -0.908. The summed E-state index contributed by atoms with van der Waals surface area (Å²) in [5.41, 5.74) is 2.57. The Labute approximate surface area is 132 Å². The van der Waals surface area contributed by atoms with E-state index in [1.165, 1.54) is 11.1 Å². The highest BCUT2D eigenvalue weighted by molar-refractivity contribution is 5.37. The highest BCUT2D eigenvalue weighted by atomic mass is 16.5. The van der Waals surface area contributed by atoms with E-state index in [2.05, 4.69) is 48.5 Å². The lowest BCUT2D eigenvalue weighted by atomic mass is 10.0. The van der Waals surface area contributed by atoms with Crippen LogP contribution in [0.4, 0.5) is 0 Å². The highest BCUT2D eigenvalue weighted by Gasteiger charge is 2.13. The Kier molecular flexibility index (Phi) is 5.46. The van der Waals surface area contributed by atoms with Gasteiger partial charge < -0.3 is 14.4 Å². The van der Waals surface area contributed by atoms with Gasteiger partial charge in [-0.3, -0.25) is 0 Å². The number of quaternary nitrogens is 1. The SMILES string of the molecule is c1ccc(Cc2ccccc2OCC[NH+]2CCOCC2)cc1. The Morgan fingerprint density at radius 3 is 2.45 bits per heavy atom. The summed E-state index contributed by atoms with van der Waals surface area (Å²) < 4.78 is 11.4. The molecule has 0 atom stereocenters. The van der Waals surface area contributed by atoms with Gasteiger partial charge in [-0.2, -0.15) is 0 Å². The molecule has 0 amide bonds. The Balaban J connectivity index is 1.56. The minimum atomic E-state index is 0.765.